The van der Waals surface area contributed by atoms with Crippen LogP contribution >= 0.6 is 0 Å². The first kappa shape index (κ1) is 22.6. The monoisotopic (exact) mass is 462 g/mol. The van der Waals surface area contributed by atoms with Gasteiger partial charge < -0.3 is 14.5 Å². The van der Waals surface area contributed by atoms with Gasteiger partial charge in [0, 0.05) is 16.8 Å². The number of anilines is 1. The fraction of sp³-hybridized carbons (Fsp3) is 0.133. The van der Waals surface area contributed by atoms with Gasteiger partial charge in [0.1, 0.15) is 12.4 Å². The van der Waals surface area contributed by atoms with E-state index in [4.69, 9.17) is 14.1 Å². The highest BCUT2D eigenvalue weighted by Gasteiger charge is 2.17. The van der Waals surface area contributed by atoms with E-state index in [1.807, 2.05) is 79.7 Å². The van der Waals surface area contributed by atoms with Gasteiger partial charge in [-0.2, -0.15) is 0 Å². The predicted octanol–water partition coefficient (Wildman–Crippen LogP) is 6.70. The Hall–Kier alpha value is -4.22. The van der Waals surface area contributed by atoms with Crippen LogP contribution in [-0.4, -0.2) is 10.9 Å². The van der Waals surface area contributed by atoms with Gasteiger partial charge in [-0.15, -0.1) is 0 Å². The third-order valence-electron chi connectivity index (χ3n) is 5.90. The number of carbonyl (C=O) groups is 1. The Balaban J connectivity index is 1.35. The lowest BCUT2D eigenvalue weighted by molar-refractivity contribution is -0.115. The second-order valence-corrected chi connectivity index (χ2v) is 8.43. The summed E-state index contributed by atoms with van der Waals surface area (Å²) in [6, 6.07) is 29.7. The number of benzene rings is 3. The number of fused-ring (bicyclic) bond motifs is 1. The molecule has 3 aromatic carbocycles. The molecule has 5 heteroatoms. The summed E-state index contributed by atoms with van der Waals surface area (Å²) < 4.78 is 11.0. The normalized spacial score (nSPS) is 11.0. The van der Waals surface area contributed by atoms with Crippen LogP contribution in [-0.2, 0) is 29.2 Å². The minimum Gasteiger partial charge on any atom is -0.467 e. The van der Waals surface area contributed by atoms with E-state index in [1.54, 1.807) is 6.26 Å². The number of carbonyl (C=O) groups excluding carboxylic acids is 1. The number of furan rings is 1. The molecule has 5 rings (SSSR count). The molecule has 0 atom stereocenters. The average molecular weight is 463 g/mol. The smallest absolute Gasteiger partial charge is 0.228 e. The summed E-state index contributed by atoms with van der Waals surface area (Å²) in [5, 5.41) is 4.09. The van der Waals surface area contributed by atoms with Crippen LogP contribution in [0.25, 0.3) is 22.0 Å². The summed E-state index contributed by atoms with van der Waals surface area (Å²) in [5.41, 5.74) is 6.57. The number of nitrogens with zero attached hydrogens (tertiary/aromatic N) is 1. The van der Waals surface area contributed by atoms with Crippen LogP contribution in [0.15, 0.2) is 102 Å². The lowest BCUT2D eigenvalue weighted by Crippen LogP contribution is -2.16. The van der Waals surface area contributed by atoms with Gasteiger partial charge >= 0.3 is 0 Å². The maximum absolute atomic E-state index is 13.2. The van der Waals surface area contributed by atoms with Gasteiger partial charge in [-0.3, -0.25) is 9.78 Å². The minimum absolute atomic E-state index is 0.0870. The zero-order valence-electron chi connectivity index (χ0n) is 19.5. The lowest BCUT2D eigenvalue weighted by atomic mass is 9.92. The maximum atomic E-state index is 13.2. The fourth-order valence-electron chi connectivity index (χ4n) is 4.29. The highest BCUT2D eigenvalue weighted by atomic mass is 16.5. The molecule has 2 aromatic heterocycles. The lowest BCUT2D eigenvalue weighted by Gasteiger charge is -2.16. The van der Waals surface area contributed by atoms with Crippen LogP contribution in [0, 0.1) is 6.92 Å². The van der Waals surface area contributed by atoms with Crippen molar-refractivity contribution in [1.82, 2.24) is 4.98 Å². The molecule has 174 valence electrons. The third-order valence-corrected chi connectivity index (χ3v) is 5.90. The zero-order chi connectivity index (χ0) is 24.0. The number of aromatic nitrogens is 1. The molecule has 1 amide bonds. The van der Waals surface area contributed by atoms with E-state index in [0.717, 1.165) is 50.3 Å². The summed E-state index contributed by atoms with van der Waals surface area (Å²) in [4.78, 5) is 17.9. The number of ether oxygens (including phenoxy) is 1. The number of para-hydroxylation sites is 1. The predicted molar refractivity (Wildman–Crippen MR) is 138 cm³/mol. The first-order valence-electron chi connectivity index (χ1n) is 11.6. The van der Waals surface area contributed by atoms with Crippen molar-refractivity contribution in [2.75, 3.05) is 5.32 Å². The van der Waals surface area contributed by atoms with E-state index in [-0.39, 0.29) is 12.3 Å². The molecule has 0 aliphatic heterocycles. The first-order chi connectivity index (χ1) is 17.2. The summed E-state index contributed by atoms with van der Waals surface area (Å²) in [6.45, 7) is 2.80. The Morgan fingerprint density at radius 1 is 0.914 bits per heavy atom. The molecular weight excluding hydrogens is 436 g/mol. The van der Waals surface area contributed by atoms with E-state index < -0.39 is 0 Å². The van der Waals surface area contributed by atoms with Crippen molar-refractivity contribution in [2.24, 2.45) is 0 Å². The molecule has 5 aromatic rings. The molecular formula is C30H26N2O3. The molecule has 1 N–H and O–H groups in total. The van der Waals surface area contributed by atoms with Crippen LogP contribution in [0.2, 0.25) is 0 Å². The quantitative estimate of drug-likeness (QED) is 0.279. The Morgan fingerprint density at radius 3 is 2.57 bits per heavy atom. The Kier molecular flexibility index (Phi) is 6.68. The fourth-order valence-corrected chi connectivity index (χ4v) is 4.29. The summed E-state index contributed by atoms with van der Waals surface area (Å²) in [7, 11) is 0. The number of hydrogen-bond acceptors (Lipinski definition) is 4. The van der Waals surface area contributed by atoms with Crippen LogP contribution in [0.4, 0.5) is 5.69 Å². The van der Waals surface area contributed by atoms with Crippen molar-refractivity contribution in [1.29, 1.82) is 0 Å². The summed E-state index contributed by atoms with van der Waals surface area (Å²) >= 11 is 0. The van der Waals surface area contributed by atoms with E-state index in [9.17, 15) is 4.79 Å². The molecule has 0 saturated carbocycles. The van der Waals surface area contributed by atoms with Gasteiger partial charge in [-0.1, -0.05) is 60.7 Å². The Bertz CT molecular complexity index is 1440. The van der Waals surface area contributed by atoms with Crippen LogP contribution in [0.3, 0.4) is 0 Å². The van der Waals surface area contributed by atoms with Gasteiger partial charge in [-0.05, 0) is 59.5 Å². The number of amides is 1. The van der Waals surface area contributed by atoms with Crippen molar-refractivity contribution in [2.45, 2.75) is 26.6 Å². The molecule has 0 aliphatic carbocycles. The maximum Gasteiger partial charge on any atom is 0.228 e. The molecule has 0 aliphatic rings. The molecule has 2 heterocycles. The average Bonchev–Trinajstić information content (AvgIpc) is 3.39. The van der Waals surface area contributed by atoms with Crippen LogP contribution in [0.1, 0.15) is 22.6 Å². The minimum atomic E-state index is -0.0870. The van der Waals surface area contributed by atoms with Crippen molar-refractivity contribution >= 4 is 22.5 Å². The van der Waals surface area contributed by atoms with Crippen LogP contribution in [0.5, 0.6) is 0 Å². The number of nitrogens with one attached hydrogen (secondary N) is 1. The largest absolute Gasteiger partial charge is 0.467 e. The van der Waals surface area contributed by atoms with Gasteiger partial charge in [0.05, 0.1) is 24.8 Å². The van der Waals surface area contributed by atoms with E-state index >= 15 is 0 Å². The van der Waals surface area contributed by atoms with Gasteiger partial charge in [0.25, 0.3) is 0 Å². The highest BCUT2D eigenvalue weighted by molar-refractivity contribution is 6.00. The summed E-state index contributed by atoms with van der Waals surface area (Å²) in [6.07, 6.45) is 1.86. The second kappa shape index (κ2) is 10.4. The van der Waals surface area contributed by atoms with Crippen molar-refractivity contribution in [3.05, 3.63) is 120 Å². The molecule has 0 unspecified atom stereocenters. The van der Waals surface area contributed by atoms with Crippen LogP contribution < -0.4 is 5.32 Å². The van der Waals surface area contributed by atoms with Crippen molar-refractivity contribution in [3.8, 4) is 11.1 Å². The zero-order valence-corrected chi connectivity index (χ0v) is 19.5. The van der Waals surface area contributed by atoms with Gasteiger partial charge in [0.2, 0.25) is 5.91 Å². The first-order valence-corrected chi connectivity index (χ1v) is 11.6. The van der Waals surface area contributed by atoms with E-state index in [1.165, 1.54) is 0 Å². The third kappa shape index (κ3) is 5.31. The van der Waals surface area contributed by atoms with Crippen molar-refractivity contribution < 1.29 is 13.9 Å². The standard InChI is InChI=1S/C30H26N2O3/c1-21-27(30(23-10-3-2-4-11-23)26-14-5-6-15-28(26)31-21)18-29(33)32-24-12-7-9-22(17-24)19-34-20-25-13-8-16-35-25/h2-17H,18-20H2,1H3,(H,32,33). The number of pyridine rings is 1. The second-order valence-electron chi connectivity index (χ2n) is 8.43. The molecule has 5 nitrogen and oxygen atoms in total. The van der Waals surface area contributed by atoms with E-state index in [2.05, 4.69) is 23.5 Å². The molecule has 0 spiro atoms. The number of hydrogen-bond donors (Lipinski definition) is 1. The number of rotatable bonds is 8. The molecule has 0 saturated heterocycles. The molecule has 0 radical (unpaired) electrons. The molecule has 0 bridgehead atoms. The molecule has 0 fully saturated rings. The Labute approximate surface area is 204 Å². The molecule has 35 heavy (non-hydrogen) atoms. The summed E-state index contributed by atoms with van der Waals surface area (Å²) in [5.74, 6) is 0.694. The van der Waals surface area contributed by atoms with E-state index in [0.29, 0.717) is 13.2 Å². The van der Waals surface area contributed by atoms with Gasteiger partial charge in [0.15, 0.2) is 0 Å². The van der Waals surface area contributed by atoms with Crippen molar-refractivity contribution in [3.63, 3.8) is 0 Å². The van der Waals surface area contributed by atoms with Gasteiger partial charge in [-0.25, -0.2) is 0 Å². The SMILES string of the molecule is Cc1nc2ccccc2c(-c2ccccc2)c1CC(=O)Nc1cccc(COCc2ccco2)c1. The highest BCUT2D eigenvalue weighted by Crippen LogP contribution is 2.33. The topological polar surface area (TPSA) is 64.4 Å². The Morgan fingerprint density at radius 2 is 1.74 bits per heavy atom. The number of aryl methyl sites for hydroxylation is 1.